The van der Waals surface area contributed by atoms with Gasteiger partial charge in [0.25, 0.3) is 6.43 Å². The number of imidazole rings is 1. The monoisotopic (exact) mass is 555 g/mol. The lowest BCUT2D eigenvalue weighted by atomic mass is 9.85. The van der Waals surface area contributed by atoms with E-state index in [2.05, 4.69) is 40.9 Å². The number of rotatable bonds is 7. The molecule has 1 saturated carbocycles. The van der Waals surface area contributed by atoms with Crippen LogP contribution in [0.1, 0.15) is 58.7 Å². The molecule has 0 radical (unpaired) electrons. The number of aromatic nitrogens is 4. The van der Waals surface area contributed by atoms with E-state index in [1.54, 1.807) is 24.3 Å². The molecule has 2 saturated heterocycles. The van der Waals surface area contributed by atoms with Crippen molar-refractivity contribution in [1.82, 2.24) is 24.4 Å². The summed E-state index contributed by atoms with van der Waals surface area (Å²) in [6.45, 7) is 10.7. The van der Waals surface area contributed by atoms with Gasteiger partial charge in [0.2, 0.25) is 5.95 Å². The zero-order valence-electron chi connectivity index (χ0n) is 23.5. The topological polar surface area (TPSA) is 80.6 Å². The molecule has 3 aliphatic rings. The summed E-state index contributed by atoms with van der Waals surface area (Å²) in [7, 11) is 0. The Morgan fingerprint density at radius 3 is 2.58 bits per heavy atom. The third-order valence-electron chi connectivity index (χ3n) is 8.46. The van der Waals surface area contributed by atoms with Gasteiger partial charge in [-0.05, 0) is 64.5 Å². The van der Waals surface area contributed by atoms with Gasteiger partial charge in [0.1, 0.15) is 18.4 Å². The fraction of sp³-hybridized carbons (Fsp3) is 0.621. The normalized spacial score (nSPS) is 25.6. The number of fused-ring (bicyclic) bond motifs is 1. The average molecular weight is 556 g/mol. The molecule has 3 fully saturated rings. The summed E-state index contributed by atoms with van der Waals surface area (Å²) >= 11 is 0. The minimum atomic E-state index is -2.74. The Kier molecular flexibility index (Phi) is 7.62. The molecule has 0 unspecified atom stereocenters. The van der Waals surface area contributed by atoms with Gasteiger partial charge >= 0.3 is 0 Å². The molecular weight excluding hydrogens is 516 g/mol. The smallest absolute Gasteiger partial charge is 0.296 e. The van der Waals surface area contributed by atoms with Gasteiger partial charge in [-0.1, -0.05) is 12.1 Å². The summed E-state index contributed by atoms with van der Waals surface area (Å²) in [6.07, 6.45) is 1.77. The van der Waals surface area contributed by atoms with Crippen molar-refractivity contribution in [3.8, 4) is 5.82 Å². The van der Waals surface area contributed by atoms with E-state index in [0.717, 1.165) is 38.8 Å². The Bertz CT molecular complexity index is 1320. The molecule has 3 aromatic rings. The van der Waals surface area contributed by atoms with Crippen LogP contribution in [0.3, 0.4) is 0 Å². The number of ether oxygens (including phenoxy) is 2. The number of hydrogen-bond donors (Lipinski definition) is 1. The summed E-state index contributed by atoms with van der Waals surface area (Å²) in [5.74, 6) is 1.70. The Morgan fingerprint density at radius 1 is 1.07 bits per heavy atom. The third-order valence-corrected chi connectivity index (χ3v) is 8.46. The largest absolute Gasteiger partial charge is 0.377 e. The molecule has 6 rings (SSSR count). The van der Waals surface area contributed by atoms with Gasteiger partial charge in [-0.2, -0.15) is 9.97 Å². The average Bonchev–Trinajstić information content (AvgIpc) is 3.52. The van der Waals surface area contributed by atoms with E-state index in [-0.39, 0.29) is 17.5 Å². The van der Waals surface area contributed by atoms with E-state index in [0.29, 0.717) is 67.1 Å². The number of benzene rings is 1. The van der Waals surface area contributed by atoms with E-state index in [4.69, 9.17) is 19.4 Å². The number of nitrogens with one attached hydrogen (secondary N) is 1. The molecule has 0 amide bonds. The van der Waals surface area contributed by atoms with Crippen molar-refractivity contribution in [3.05, 3.63) is 36.2 Å². The number of alkyl halides is 2. The number of halogens is 2. The summed E-state index contributed by atoms with van der Waals surface area (Å²) in [4.78, 5) is 18.5. The fourth-order valence-corrected chi connectivity index (χ4v) is 6.28. The first-order valence-corrected chi connectivity index (χ1v) is 14.4. The van der Waals surface area contributed by atoms with Crippen LogP contribution in [0.2, 0.25) is 0 Å². The number of morpholine rings is 1. The van der Waals surface area contributed by atoms with Crippen LogP contribution in [-0.2, 0) is 9.47 Å². The van der Waals surface area contributed by atoms with Crippen molar-refractivity contribution in [2.75, 3.05) is 49.8 Å². The first-order chi connectivity index (χ1) is 19.3. The molecule has 1 atom stereocenters. The van der Waals surface area contributed by atoms with Crippen LogP contribution >= 0.6 is 0 Å². The Hall–Kier alpha value is -2.89. The highest BCUT2D eigenvalue weighted by atomic mass is 19.3. The molecule has 9 nitrogen and oxygen atoms in total. The summed E-state index contributed by atoms with van der Waals surface area (Å²) in [5.41, 5.74) is 1.04. The van der Waals surface area contributed by atoms with Crippen LogP contribution in [0.15, 0.2) is 30.3 Å². The SMILES string of the molecule is C[C@H]1COCCN1c1cc(-n2c(C(F)F)nc3ccccc32)nc(NC[C@H]2CC[C@H](N3COC(C)(C)C3)CC2)n1. The van der Waals surface area contributed by atoms with Crippen molar-refractivity contribution in [2.24, 2.45) is 5.92 Å². The van der Waals surface area contributed by atoms with Gasteiger partial charge in [-0.15, -0.1) is 0 Å². The van der Waals surface area contributed by atoms with E-state index < -0.39 is 6.43 Å². The molecule has 40 heavy (non-hydrogen) atoms. The lowest BCUT2D eigenvalue weighted by Gasteiger charge is -2.35. The van der Waals surface area contributed by atoms with E-state index in [1.165, 1.54) is 4.57 Å². The number of para-hydroxylation sites is 2. The first-order valence-electron chi connectivity index (χ1n) is 14.4. The number of nitrogens with zero attached hydrogens (tertiary/aromatic N) is 6. The van der Waals surface area contributed by atoms with Gasteiger partial charge in [0.15, 0.2) is 5.82 Å². The number of hydrogen-bond acceptors (Lipinski definition) is 8. The van der Waals surface area contributed by atoms with Crippen molar-refractivity contribution in [3.63, 3.8) is 0 Å². The molecule has 11 heteroatoms. The first kappa shape index (κ1) is 27.3. The second kappa shape index (κ2) is 11.2. The van der Waals surface area contributed by atoms with Crippen molar-refractivity contribution < 1.29 is 18.3 Å². The molecule has 1 aliphatic carbocycles. The summed E-state index contributed by atoms with van der Waals surface area (Å²) in [6, 6.07) is 9.63. The molecule has 1 N–H and O–H groups in total. The summed E-state index contributed by atoms with van der Waals surface area (Å²) < 4.78 is 41.4. The van der Waals surface area contributed by atoms with Gasteiger partial charge in [0, 0.05) is 31.7 Å². The van der Waals surface area contributed by atoms with Gasteiger partial charge in [0.05, 0.1) is 35.9 Å². The quantitative estimate of drug-likeness (QED) is 0.436. The predicted molar refractivity (Wildman–Crippen MR) is 150 cm³/mol. The third kappa shape index (κ3) is 5.64. The molecule has 4 heterocycles. The van der Waals surface area contributed by atoms with Crippen molar-refractivity contribution in [1.29, 1.82) is 0 Å². The number of anilines is 2. The summed E-state index contributed by atoms with van der Waals surface area (Å²) in [5, 5.41) is 3.47. The molecule has 0 bridgehead atoms. The van der Waals surface area contributed by atoms with Crippen molar-refractivity contribution >= 4 is 22.8 Å². The van der Waals surface area contributed by atoms with Gasteiger partial charge in [-0.25, -0.2) is 13.8 Å². The highest BCUT2D eigenvalue weighted by molar-refractivity contribution is 5.78. The molecule has 1 aromatic carbocycles. The Balaban J connectivity index is 1.24. The van der Waals surface area contributed by atoms with Gasteiger partial charge in [-0.3, -0.25) is 9.47 Å². The standard InChI is InChI=1S/C29H39F2N7O2/c1-19-16-39-13-12-37(19)24-14-25(38-23-7-5-4-6-22(23)33-27(38)26(30)31)35-28(34-24)32-15-20-8-10-21(11-9-20)36-17-29(2,3)40-18-36/h4-7,14,19-21,26H,8-13,15-18H2,1-3H3,(H,32,34,35)/t19-,20-,21-/m0/s1. The van der Waals surface area contributed by atoms with Crippen LogP contribution in [0.25, 0.3) is 16.9 Å². The van der Waals surface area contributed by atoms with Gasteiger partial charge < -0.3 is 19.7 Å². The fourth-order valence-electron chi connectivity index (χ4n) is 6.28. The van der Waals surface area contributed by atoms with Crippen LogP contribution in [0.5, 0.6) is 0 Å². The van der Waals surface area contributed by atoms with E-state index >= 15 is 0 Å². The second-order valence-corrected chi connectivity index (χ2v) is 12.0. The van der Waals surface area contributed by atoms with Crippen LogP contribution in [0, 0.1) is 5.92 Å². The van der Waals surface area contributed by atoms with E-state index in [9.17, 15) is 8.78 Å². The molecule has 2 aliphatic heterocycles. The lowest BCUT2D eigenvalue weighted by molar-refractivity contribution is 0.0242. The maximum Gasteiger partial charge on any atom is 0.296 e. The zero-order valence-corrected chi connectivity index (χ0v) is 23.5. The maximum absolute atomic E-state index is 14.2. The zero-order chi connectivity index (χ0) is 27.9. The van der Waals surface area contributed by atoms with Crippen LogP contribution in [0.4, 0.5) is 20.5 Å². The minimum absolute atomic E-state index is 0.0683. The maximum atomic E-state index is 14.2. The highest BCUT2D eigenvalue weighted by Crippen LogP contribution is 2.33. The highest BCUT2D eigenvalue weighted by Gasteiger charge is 2.36. The Morgan fingerprint density at radius 2 is 1.85 bits per heavy atom. The molecular formula is C29H39F2N7O2. The predicted octanol–water partition coefficient (Wildman–Crippen LogP) is 5.02. The van der Waals surface area contributed by atoms with Crippen LogP contribution < -0.4 is 10.2 Å². The molecule has 0 spiro atoms. The van der Waals surface area contributed by atoms with E-state index in [1.807, 2.05) is 6.07 Å². The second-order valence-electron chi connectivity index (χ2n) is 12.0. The lowest BCUT2D eigenvalue weighted by Crippen LogP contribution is -2.44. The van der Waals surface area contributed by atoms with Crippen LogP contribution in [-0.4, -0.2) is 81.7 Å². The Labute approximate surface area is 233 Å². The van der Waals surface area contributed by atoms with Crippen molar-refractivity contribution in [2.45, 2.75) is 70.6 Å². The minimum Gasteiger partial charge on any atom is -0.377 e. The molecule has 216 valence electrons. The molecule has 2 aromatic heterocycles.